The third kappa shape index (κ3) is 4.85. The van der Waals surface area contributed by atoms with Gasteiger partial charge in [-0.3, -0.25) is 14.2 Å². The topological polar surface area (TPSA) is 90.4 Å². The molecule has 1 atom stereocenters. The minimum atomic E-state index is -0.339. The number of nitrogens with zero attached hydrogens (tertiary/aromatic N) is 4. The van der Waals surface area contributed by atoms with Crippen molar-refractivity contribution in [1.29, 1.82) is 0 Å². The molecule has 0 saturated carbocycles. The summed E-state index contributed by atoms with van der Waals surface area (Å²) in [6.07, 6.45) is 1.57. The van der Waals surface area contributed by atoms with Crippen LogP contribution >= 0.6 is 0 Å². The molecule has 1 N–H and O–H groups in total. The average Bonchev–Trinajstić information content (AvgIpc) is 3.16. The van der Waals surface area contributed by atoms with Crippen molar-refractivity contribution >= 4 is 22.6 Å². The molecule has 1 amide bonds. The number of aromatic nitrogens is 4. The third-order valence-electron chi connectivity index (χ3n) is 6.78. The molecule has 0 aliphatic heterocycles. The van der Waals surface area contributed by atoms with Crippen LogP contribution in [0.2, 0.25) is 0 Å². The second kappa shape index (κ2) is 10.1. The number of aryl methyl sites for hydroxylation is 3. The molecule has 36 heavy (non-hydrogen) atoms. The zero-order valence-corrected chi connectivity index (χ0v) is 22.0. The maximum Gasteiger partial charge on any atom is 0.352 e. The molecule has 0 spiro atoms. The molecule has 0 aliphatic rings. The van der Waals surface area contributed by atoms with E-state index < -0.39 is 0 Å². The summed E-state index contributed by atoms with van der Waals surface area (Å²) < 4.78 is 4.47. The van der Waals surface area contributed by atoms with E-state index >= 15 is 0 Å². The lowest BCUT2D eigenvalue weighted by atomic mass is 10.1. The van der Waals surface area contributed by atoms with Gasteiger partial charge in [-0.1, -0.05) is 44.5 Å². The van der Waals surface area contributed by atoms with Gasteiger partial charge in [-0.25, -0.2) is 13.9 Å². The van der Waals surface area contributed by atoms with Gasteiger partial charge >= 0.3 is 5.69 Å². The average molecular weight is 490 g/mol. The minimum Gasteiger partial charge on any atom is -0.350 e. The van der Waals surface area contributed by atoms with E-state index in [4.69, 9.17) is 0 Å². The first-order valence-corrected chi connectivity index (χ1v) is 12.6. The summed E-state index contributed by atoms with van der Waals surface area (Å²) in [5.41, 5.74) is 3.40. The standard InChI is InChI=1S/C28H35N5O3/c1-7-20(6)29-25(34)21-10-11-23-24(15-21)33-27(31(26(23)35)13-12-17(2)3)30-32(28(33)36)16-22-14-18(4)8-9-19(22)5/h8-11,14-15,17,20H,7,12-13,16H2,1-6H3,(H,29,34). The molecule has 0 saturated heterocycles. The van der Waals surface area contributed by atoms with Crippen molar-refractivity contribution in [3.63, 3.8) is 0 Å². The monoisotopic (exact) mass is 489 g/mol. The second-order valence-corrected chi connectivity index (χ2v) is 10.2. The molecule has 0 aliphatic carbocycles. The van der Waals surface area contributed by atoms with Gasteiger partial charge < -0.3 is 5.32 Å². The van der Waals surface area contributed by atoms with E-state index in [9.17, 15) is 14.4 Å². The van der Waals surface area contributed by atoms with Gasteiger partial charge in [-0.15, -0.1) is 5.10 Å². The first-order valence-electron chi connectivity index (χ1n) is 12.6. The molecule has 0 radical (unpaired) electrons. The Morgan fingerprint density at radius 1 is 1.06 bits per heavy atom. The molecule has 0 bridgehead atoms. The van der Waals surface area contributed by atoms with Crippen LogP contribution in [-0.2, 0) is 13.1 Å². The van der Waals surface area contributed by atoms with Crippen LogP contribution in [0, 0.1) is 19.8 Å². The number of benzene rings is 2. The number of hydrogen-bond donors (Lipinski definition) is 1. The smallest absolute Gasteiger partial charge is 0.350 e. The number of nitrogens with one attached hydrogen (secondary N) is 1. The number of carbonyl (C=O) groups is 1. The lowest BCUT2D eigenvalue weighted by molar-refractivity contribution is 0.0939. The minimum absolute atomic E-state index is 0.0142. The van der Waals surface area contributed by atoms with E-state index in [1.165, 1.54) is 9.08 Å². The highest BCUT2D eigenvalue weighted by Crippen LogP contribution is 2.17. The van der Waals surface area contributed by atoms with Crippen molar-refractivity contribution < 1.29 is 4.79 Å². The third-order valence-corrected chi connectivity index (χ3v) is 6.78. The number of fused-ring (bicyclic) bond motifs is 3. The van der Waals surface area contributed by atoms with Crippen LogP contribution in [0.4, 0.5) is 0 Å². The predicted molar refractivity (Wildman–Crippen MR) is 143 cm³/mol. The van der Waals surface area contributed by atoms with Crippen molar-refractivity contribution in [3.8, 4) is 0 Å². The van der Waals surface area contributed by atoms with E-state index in [2.05, 4.69) is 24.3 Å². The van der Waals surface area contributed by atoms with E-state index in [1.807, 2.05) is 45.9 Å². The Morgan fingerprint density at radius 3 is 2.50 bits per heavy atom. The van der Waals surface area contributed by atoms with Gasteiger partial charge in [0.2, 0.25) is 5.78 Å². The fraction of sp³-hybridized carbons (Fsp3) is 0.429. The Balaban J connectivity index is 1.95. The van der Waals surface area contributed by atoms with Crippen molar-refractivity contribution in [2.75, 3.05) is 0 Å². The van der Waals surface area contributed by atoms with Crippen molar-refractivity contribution in [1.82, 2.24) is 24.1 Å². The zero-order valence-electron chi connectivity index (χ0n) is 22.0. The van der Waals surface area contributed by atoms with Gasteiger partial charge in [0.15, 0.2) is 0 Å². The Kier molecular flexibility index (Phi) is 7.15. The zero-order chi connectivity index (χ0) is 26.1. The summed E-state index contributed by atoms with van der Waals surface area (Å²) in [6.45, 7) is 12.9. The van der Waals surface area contributed by atoms with Crippen LogP contribution in [-0.4, -0.2) is 30.7 Å². The maximum atomic E-state index is 13.7. The lowest BCUT2D eigenvalue weighted by Crippen LogP contribution is -2.32. The highest BCUT2D eigenvalue weighted by atomic mass is 16.2. The Labute approximate surface area is 210 Å². The van der Waals surface area contributed by atoms with E-state index in [1.54, 1.807) is 22.8 Å². The molecule has 2 heterocycles. The normalized spacial score (nSPS) is 12.5. The van der Waals surface area contributed by atoms with E-state index in [0.29, 0.717) is 41.3 Å². The van der Waals surface area contributed by atoms with Crippen LogP contribution < -0.4 is 16.6 Å². The largest absolute Gasteiger partial charge is 0.352 e. The molecule has 190 valence electrons. The summed E-state index contributed by atoms with van der Waals surface area (Å²) >= 11 is 0. The van der Waals surface area contributed by atoms with Gasteiger partial charge in [0.25, 0.3) is 11.5 Å². The second-order valence-electron chi connectivity index (χ2n) is 10.2. The molecule has 2 aromatic heterocycles. The van der Waals surface area contributed by atoms with Crippen LogP contribution in [0.25, 0.3) is 16.7 Å². The number of amides is 1. The van der Waals surface area contributed by atoms with Gasteiger partial charge in [0.05, 0.1) is 17.4 Å². The van der Waals surface area contributed by atoms with E-state index in [-0.39, 0.29) is 23.2 Å². The highest BCUT2D eigenvalue weighted by molar-refractivity contribution is 5.98. The molecule has 0 fully saturated rings. The van der Waals surface area contributed by atoms with Crippen molar-refractivity contribution in [2.24, 2.45) is 5.92 Å². The Hall–Kier alpha value is -3.68. The predicted octanol–water partition coefficient (Wildman–Crippen LogP) is 4.05. The Bertz CT molecular complexity index is 1560. The molecule has 4 aromatic rings. The number of carbonyl (C=O) groups excluding carboxylic acids is 1. The van der Waals surface area contributed by atoms with E-state index in [0.717, 1.165) is 29.5 Å². The quantitative estimate of drug-likeness (QED) is 0.404. The first kappa shape index (κ1) is 25.4. The summed E-state index contributed by atoms with van der Waals surface area (Å²) in [5.74, 6) is 0.435. The van der Waals surface area contributed by atoms with Crippen LogP contribution in [0.15, 0.2) is 46.0 Å². The maximum absolute atomic E-state index is 13.7. The van der Waals surface area contributed by atoms with Crippen LogP contribution in [0.5, 0.6) is 0 Å². The van der Waals surface area contributed by atoms with Crippen LogP contribution in [0.3, 0.4) is 0 Å². The summed E-state index contributed by atoms with van der Waals surface area (Å²) in [6, 6.07) is 11.0. The van der Waals surface area contributed by atoms with Crippen LogP contribution in [0.1, 0.15) is 67.6 Å². The van der Waals surface area contributed by atoms with Gasteiger partial charge in [0, 0.05) is 18.2 Å². The molecule has 8 heteroatoms. The van der Waals surface area contributed by atoms with Gasteiger partial charge in [-0.2, -0.15) is 0 Å². The fourth-order valence-electron chi connectivity index (χ4n) is 4.29. The summed E-state index contributed by atoms with van der Waals surface area (Å²) in [4.78, 5) is 40.1. The Morgan fingerprint density at radius 2 is 1.81 bits per heavy atom. The SMILES string of the molecule is CCC(C)NC(=O)c1ccc2c(=O)n(CCC(C)C)c3nn(Cc4cc(C)ccc4C)c(=O)n3c2c1. The molecular formula is C28H35N5O3. The van der Waals surface area contributed by atoms with Gasteiger partial charge in [0.1, 0.15) is 0 Å². The highest BCUT2D eigenvalue weighted by Gasteiger charge is 2.20. The van der Waals surface area contributed by atoms with Crippen molar-refractivity contribution in [3.05, 3.63) is 79.5 Å². The molecular weight excluding hydrogens is 454 g/mol. The first-order chi connectivity index (χ1) is 17.1. The lowest BCUT2D eigenvalue weighted by Gasteiger charge is -2.13. The molecule has 1 unspecified atom stereocenters. The number of hydrogen-bond acceptors (Lipinski definition) is 4. The molecule has 8 nitrogen and oxygen atoms in total. The molecule has 4 rings (SSSR count). The summed E-state index contributed by atoms with van der Waals surface area (Å²) in [5, 5.41) is 7.97. The summed E-state index contributed by atoms with van der Waals surface area (Å²) in [7, 11) is 0. The van der Waals surface area contributed by atoms with Crippen molar-refractivity contribution in [2.45, 2.75) is 73.5 Å². The fourth-order valence-corrected chi connectivity index (χ4v) is 4.29. The number of rotatable bonds is 8. The van der Waals surface area contributed by atoms with Gasteiger partial charge in [-0.05, 0) is 68.9 Å². The molecule has 2 aromatic carbocycles.